The van der Waals surface area contributed by atoms with Gasteiger partial charge in [0.25, 0.3) is 0 Å². The van der Waals surface area contributed by atoms with E-state index in [0.717, 1.165) is 24.3 Å². The van der Waals surface area contributed by atoms with Gasteiger partial charge in [-0.05, 0) is 55.5 Å². The Morgan fingerprint density at radius 2 is 2.00 bits per heavy atom. The number of hydrogen-bond acceptors (Lipinski definition) is 2. The quantitative estimate of drug-likeness (QED) is 0.781. The highest BCUT2D eigenvalue weighted by Gasteiger charge is 2.49. The van der Waals surface area contributed by atoms with E-state index >= 15 is 0 Å². The number of benzene rings is 1. The molecule has 0 aliphatic heterocycles. The van der Waals surface area contributed by atoms with E-state index < -0.39 is 0 Å². The van der Waals surface area contributed by atoms with Gasteiger partial charge in [0.05, 0.1) is 6.10 Å². The third-order valence-electron chi connectivity index (χ3n) is 4.87. The molecule has 2 aliphatic carbocycles. The molecule has 0 aromatic heterocycles. The van der Waals surface area contributed by atoms with Crippen LogP contribution in [-0.2, 0) is 4.74 Å². The van der Waals surface area contributed by atoms with E-state index in [1.54, 1.807) is 0 Å². The fourth-order valence-corrected chi connectivity index (χ4v) is 3.57. The van der Waals surface area contributed by atoms with Gasteiger partial charge in [-0.2, -0.15) is 0 Å². The van der Waals surface area contributed by atoms with Gasteiger partial charge >= 0.3 is 0 Å². The molecule has 2 heteroatoms. The number of ether oxygens (including phenoxy) is 1. The summed E-state index contributed by atoms with van der Waals surface area (Å²) in [4.78, 5) is 0. The van der Waals surface area contributed by atoms with Gasteiger partial charge < -0.3 is 10.1 Å². The van der Waals surface area contributed by atoms with Crippen LogP contribution >= 0.6 is 0 Å². The van der Waals surface area contributed by atoms with Gasteiger partial charge in [-0.15, -0.1) is 0 Å². The van der Waals surface area contributed by atoms with Crippen LogP contribution in [0.3, 0.4) is 0 Å². The number of rotatable bonds is 8. The Morgan fingerprint density at radius 1 is 1.25 bits per heavy atom. The Kier molecular flexibility index (Phi) is 4.42. The molecule has 20 heavy (non-hydrogen) atoms. The Hall–Kier alpha value is -0.860. The first-order valence-electron chi connectivity index (χ1n) is 8.16. The average molecular weight is 273 g/mol. The third-order valence-corrected chi connectivity index (χ3v) is 4.87. The molecule has 0 radical (unpaired) electrons. The van der Waals surface area contributed by atoms with Crippen LogP contribution in [-0.4, -0.2) is 25.8 Å². The molecule has 1 aromatic rings. The minimum Gasteiger partial charge on any atom is -0.380 e. The molecule has 0 spiro atoms. The summed E-state index contributed by atoms with van der Waals surface area (Å²) >= 11 is 0. The van der Waals surface area contributed by atoms with Crippen molar-refractivity contribution in [1.82, 2.24) is 5.32 Å². The zero-order chi connectivity index (χ0) is 13.9. The largest absolute Gasteiger partial charge is 0.380 e. The number of nitrogens with one attached hydrogen (secondary N) is 1. The summed E-state index contributed by atoms with van der Waals surface area (Å²) in [6.45, 7) is 3.35. The van der Waals surface area contributed by atoms with Crippen LogP contribution in [0.2, 0.25) is 0 Å². The smallest absolute Gasteiger partial charge is 0.0755 e. The Morgan fingerprint density at radius 3 is 2.60 bits per heavy atom. The highest BCUT2D eigenvalue weighted by molar-refractivity contribution is 5.27. The van der Waals surface area contributed by atoms with Crippen molar-refractivity contribution >= 4 is 0 Å². The summed E-state index contributed by atoms with van der Waals surface area (Å²) < 4.78 is 5.86. The van der Waals surface area contributed by atoms with E-state index in [9.17, 15) is 0 Å². The highest BCUT2D eigenvalue weighted by atomic mass is 16.5. The van der Waals surface area contributed by atoms with E-state index in [1.807, 2.05) is 7.11 Å². The van der Waals surface area contributed by atoms with Crippen LogP contribution in [0.1, 0.15) is 44.1 Å². The molecule has 2 saturated carbocycles. The molecule has 0 amide bonds. The molecular formula is C18H27NO. The SMILES string of the molecule is CCCNC(C1CC1c1ccccc1)C(OC)C1CC1. The van der Waals surface area contributed by atoms with Crippen molar-refractivity contribution in [2.75, 3.05) is 13.7 Å². The van der Waals surface area contributed by atoms with Crippen molar-refractivity contribution in [1.29, 1.82) is 0 Å². The molecule has 0 bridgehead atoms. The van der Waals surface area contributed by atoms with E-state index in [-0.39, 0.29) is 0 Å². The van der Waals surface area contributed by atoms with Crippen molar-refractivity contribution in [3.05, 3.63) is 35.9 Å². The second kappa shape index (κ2) is 6.28. The lowest BCUT2D eigenvalue weighted by Crippen LogP contribution is -2.44. The van der Waals surface area contributed by atoms with Crippen LogP contribution < -0.4 is 5.32 Å². The first-order valence-corrected chi connectivity index (χ1v) is 8.16. The minimum atomic E-state index is 0.417. The zero-order valence-corrected chi connectivity index (χ0v) is 12.7. The van der Waals surface area contributed by atoms with Crippen LogP contribution in [0.4, 0.5) is 0 Å². The lowest BCUT2D eigenvalue weighted by atomic mass is 9.98. The second-order valence-corrected chi connectivity index (χ2v) is 6.43. The average Bonchev–Trinajstić information content (AvgIpc) is 3.37. The normalized spacial score (nSPS) is 28.1. The fourth-order valence-electron chi connectivity index (χ4n) is 3.57. The molecule has 2 aliphatic rings. The van der Waals surface area contributed by atoms with Crippen LogP contribution in [0, 0.1) is 11.8 Å². The lowest BCUT2D eigenvalue weighted by Gasteiger charge is -2.28. The summed E-state index contributed by atoms with van der Waals surface area (Å²) in [7, 11) is 1.89. The Balaban J connectivity index is 1.67. The number of hydrogen-bond donors (Lipinski definition) is 1. The van der Waals surface area contributed by atoms with E-state index in [2.05, 4.69) is 42.6 Å². The maximum absolute atomic E-state index is 5.86. The highest BCUT2D eigenvalue weighted by Crippen LogP contribution is 2.52. The number of methoxy groups -OCH3 is 1. The maximum Gasteiger partial charge on any atom is 0.0755 e. The third kappa shape index (κ3) is 3.07. The lowest BCUT2D eigenvalue weighted by molar-refractivity contribution is 0.0435. The Bertz CT molecular complexity index is 415. The van der Waals surface area contributed by atoms with Gasteiger partial charge in [0.15, 0.2) is 0 Å². The van der Waals surface area contributed by atoms with Crippen LogP contribution in [0.5, 0.6) is 0 Å². The Labute approximate surface area is 122 Å². The standard InChI is InChI=1S/C18H27NO/c1-3-11-19-17(18(20-2)14-9-10-14)16-12-15(16)13-7-5-4-6-8-13/h4-8,14-19H,3,9-12H2,1-2H3. The second-order valence-electron chi connectivity index (χ2n) is 6.43. The minimum absolute atomic E-state index is 0.417. The van der Waals surface area contributed by atoms with Gasteiger partial charge in [0.2, 0.25) is 0 Å². The van der Waals surface area contributed by atoms with Crippen LogP contribution in [0.25, 0.3) is 0 Å². The van der Waals surface area contributed by atoms with Crippen LogP contribution in [0.15, 0.2) is 30.3 Å². The molecule has 2 fully saturated rings. The molecular weight excluding hydrogens is 246 g/mol. The maximum atomic E-state index is 5.86. The summed E-state index contributed by atoms with van der Waals surface area (Å²) in [5.74, 6) is 2.29. The van der Waals surface area contributed by atoms with Gasteiger partial charge in [0, 0.05) is 13.2 Å². The molecule has 0 heterocycles. The van der Waals surface area contributed by atoms with E-state index in [4.69, 9.17) is 4.74 Å². The van der Waals surface area contributed by atoms with E-state index in [1.165, 1.54) is 31.2 Å². The monoisotopic (exact) mass is 273 g/mol. The predicted molar refractivity (Wildman–Crippen MR) is 82.9 cm³/mol. The van der Waals surface area contributed by atoms with Crippen molar-refractivity contribution < 1.29 is 4.74 Å². The first-order chi connectivity index (χ1) is 9.85. The first kappa shape index (κ1) is 14.1. The molecule has 0 saturated heterocycles. The van der Waals surface area contributed by atoms with Crippen molar-refractivity contribution in [2.24, 2.45) is 11.8 Å². The fraction of sp³-hybridized carbons (Fsp3) is 0.667. The van der Waals surface area contributed by atoms with Gasteiger partial charge in [-0.1, -0.05) is 37.3 Å². The predicted octanol–water partition coefficient (Wildman–Crippen LogP) is 3.58. The van der Waals surface area contributed by atoms with Crippen molar-refractivity contribution in [2.45, 2.75) is 50.7 Å². The molecule has 3 rings (SSSR count). The molecule has 4 unspecified atom stereocenters. The van der Waals surface area contributed by atoms with Gasteiger partial charge in [-0.3, -0.25) is 0 Å². The molecule has 1 aromatic carbocycles. The summed E-state index contributed by atoms with van der Waals surface area (Å²) in [6.07, 6.45) is 5.63. The summed E-state index contributed by atoms with van der Waals surface area (Å²) in [5.41, 5.74) is 1.51. The van der Waals surface area contributed by atoms with E-state index in [0.29, 0.717) is 12.1 Å². The zero-order valence-electron chi connectivity index (χ0n) is 12.7. The van der Waals surface area contributed by atoms with Crippen molar-refractivity contribution in [3.8, 4) is 0 Å². The van der Waals surface area contributed by atoms with Crippen molar-refractivity contribution in [3.63, 3.8) is 0 Å². The van der Waals surface area contributed by atoms with Gasteiger partial charge in [-0.25, -0.2) is 0 Å². The molecule has 1 N–H and O–H groups in total. The summed E-state index contributed by atoms with van der Waals surface area (Å²) in [5, 5.41) is 3.78. The summed E-state index contributed by atoms with van der Waals surface area (Å²) in [6, 6.07) is 11.5. The topological polar surface area (TPSA) is 21.3 Å². The molecule has 2 nitrogen and oxygen atoms in total. The van der Waals surface area contributed by atoms with Gasteiger partial charge in [0.1, 0.15) is 0 Å². The molecule has 4 atom stereocenters. The molecule has 110 valence electrons.